The second-order valence-electron chi connectivity index (χ2n) is 7.76. The number of anilines is 2. The molecule has 0 aromatic heterocycles. The Morgan fingerprint density at radius 2 is 1.48 bits per heavy atom. The van der Waals surface area contributed by atoms with Crippen LogP contribution in [0.3, 0.4) is 0 Å². The molecule has 0 aliphatic carbocycles. The van der Waals surface area contributed by atoms with E-state index in [1.54, 1.807) is 4.90 Å². The highest BCUT2D eigenvalue weighted by molar-refractivity contribution is 6.12. The Hall–Kier alpha value is -3.86. The van der Waals surface area contributed by atoms with Gasteiger partial charge in [0.1, 0.15) is 5.70 Å². The number of benzene rings is 3. The Labute approximate surface area is 181 Å². The van der Waals surface area contributed by atoms with E-state index in [1.165, 1.54) is 0 Å². The first-order chi connectivity index (χ1) is 14.9. The number of nitrogens with one attached hydrogen (secondary N) is 1. The molecule has 0 spiro atoms. The largest absolute Gasteiger partial charge is 0.550 e. The van der Waals surface area contributed by atoms with Gasteiger partial charge in [0.25, 0.3) is 5.91 Å². The van der Waals surface area contributed by atoms with Crippen LogP contribution < -0.4 is 15.3 Å². The van der Waals surface area contributed by atoms with E-state index in [9.17, 15) is 14.7 Å². The van der Waals surface area contributed by atoms with Gasteiger partial charge < -0.3 is 15.2 Å². The van der Waals surface area contributed by atoms with Crippen molar-refractivity contribution in [2.24, 2.45) is 0 Å². The number of carbonyl (C=O) groups excluding carboxylic acids is 2. The van der Waals surface area contributed by atoms with Crippen molar-refractivity contribution < 1.29 is 14.7 Å². The van der Waals surface area contributed by atoms with Crippen LogP contribution >= 0.6 is 0 Å². The lowest BCUT2D eigenvalue weighted by Crippen LogP contribution is -2.31. The van der Waals surface area contributed by atoms with Gasteiger partial charge in [-0.25, -0.2) is 0 Å². The lowest BCUT2D eigenvalue weighted by Gasteiger charge is -2.28. The molecule has 0 saturated carbocycles. The summed E-state index contributed by atoms with van der Waals surface area (Å²) < 4.78 is 0. The molecule has 0 unspecified atom stereocenters. The molecule has 1 aliphatic heterocycles. The molecule has 0 bridgehead atoms. The normalized spacial score (nSPS) is 16.0. The summed E-state index contributed by atoms with van der Waals surface area (Å²) in [6, 6.07) is 24.2. The zero-order chi connectivity index (χ0) is 22.0. The van der Waals surface area contributed by atoms with Crippen LogP contribution in [0, 0.1) is 13.8 Å². The number of aliphatic carboxylic acids is 1. The quantitative estimate of drug-likeness (QED) is 0.668. The van der Waals surface area contributed by atoms with Gasteiger partial charge >= 0.3 is 0 Å². The summed E-state index contributed by atoms with van der Waals surface area (Å²) in [6.07, 6.45) is -0.345. The van der Waals surface area contributed by atoms with Gasteiger partial charge in [-0.2, -0.15) is 0 Å². The maximum Gasteiger partial charge on any atom is 0.275 e. The van der Waals surface area contributed by atoms with Gasteiger partial charge in [-0.1, -0.05) is 65.7 Å². The fourth-order valence-corrected chi connectivity index (χ4v) is 3.88. The van der Waals surface area contributed by atoms with E-state index in [0.29, 0.717) is 11.3 Å². The van der Waals surface area contributed by atoms with E-state index in [1.807, 2.05) is 92.7 Å². The summed E-state index contributed by atoms with van der Waals surface area (Å²) in [5, 5.41) is 14.8. The Bertz CT molecular complexity index is 1130. The van der Waals surface area contributed by atoms with Crippen LogP contribution in [0.25, 0.3) is 0 Å². The number of aryl methyl sites for hydroxylation is 2. The Morgan fingerprint density at radius 1 is 0.903 bits per heavy atom. The number of rotatable bonds is 6. The van der Waals surface area contributed by atoms with Crippen molar-refractivity contribution in [1.82, 2.24) is 0 Å². The molecular weight excluding hydrogens is 388 g/mol. The highest BCUT2D eigenvalue weighted by Gasteiger charge is 2.41. The summed E-state index contributed by atoms with van der Waals surface area (Å²) >= 11 is 0. The summed E-state index contributed by atoms with van der Waals surface area (Å²) in [7, 11) is 0. The van der Waals surface area contributed by atoms with Crippen molar-refractivity contribution in [2.75, 3.05) is 10.2 Å². The van der Waals surface area contributed by atoms with Gasteiger partial charge in [-0.15, -0.1) is 0 Å². The molecule has 0 radical (unpaired) electrons. The Morgan fingerprint density at radius 3 is 2.06 bits per heavy atom. The molecule has 1 atom stereocenters. The number of nitrogens with zero attached hydrogens (tertiary/aromatic N) is 1. The first-order valence-electron chi connectivity index (χ1n) is 10.2. The van der Waals surface area contributed by atoms with Gasteiger partial charge in [0, 0.05) is 23.8 Å². The third-order valence-corrected chi connectivity index (χ3v) is 5.43. The molecule has 1 N–H and O–H groups in total. The number of amides is 1. The molecule has 31 heavy (non-hydrogen) atoms. The van der Waals surface area contributed by atoms with Crippen LogP contribution in [0.2, 0.25) is 0 Å². The standard InChI is InChI=1S/C26H24N2O3/c1-17-8-12-20(13-9-17)27-24-22(16-23(29)30)25(19-6-4-3-5-7-19)28(26(24)31)21-14-10-18(2)11-15-21/h3-15,25,27H,16H2,1-2H3,(H,29,30)/p-1/t25-/m0/s1. The van der Waals surface area contributed by atoms with E-state index in [4.69, 9.17) is 0 Å². The summed E-state index contributed by atoms with van der Waals surface area (Å²) in [5.41, 5.74) is 5.21. The number of carboxylic acid groups (broad SMARTS) is 1. The van der Waals surface area contributed by atoms with Gasteiger partial charge in [0.15, 0.2) is 0 Å². The Balaban J connectivity index is 1.85. The molecule has 0 fully saturated rings. The summed E-state index contributed by atoms with van der Waals surface area (Å²) in [4.78, 5) is 27.0. The van der Waals surface area contributed by atoms with Gasteiger partial charge in [-0.05, 0) is 49.2 Å². The molecule has 5 heteroatoms. The van der Waals surface area contributed by atoms with Crippen molar-refractivity contribution in [2.45, 2.75) is 26.3 Å². The van der Waals surface area contributed by atoms with Crippen LogP contribution in [0.5, 0.6) is 0 Å². The van der Waals surface area contributed by atoms with Crippen LogP contribution in [0.4, 0.5) is 11.4 Å². The predicted octanol–water partition coefficient (Wildman–Crippen LogP) is 3.90. The SMILES string of the molecule is Cc1ccc(NC2=C(CC(=O)[O-])[C@H](c3ccccc3)N(c3ccc(C)cc3)C2=O)cc1. The maximum atomic E-state index is 13.6. The topological polar surface area (TPSA) is 72.5 Å². The van der Waals surface area contributed by atoms with Crippen LogP contribution in [0.15, 0.2) is 90.1 Å². The van der Waals surface area contributed by atoms with Crippen molar-refractivity contribution in [3.8, 4) is 0 Å². The van der Waals surface area contributed by atoms with E-state index in [0.717, 1.165) is 22.4 Å². The molecule has 1 amide bonds. The number of hydrogen-bond acceptors (Lipinski definition) is 4. The number of carboxylic acids is 1. The average molecular weight is 411 g/mol. The monoisotopic (exact) mass is 411 g/mol. The lowest BCUT2D eigenvalue weighted by atomic mass is 9.96. The first-order valence-corrected chi connectivity index (χ1v) is 10.2. The molecule has 3 aromatic rings. The molecule has 0 saturated heterocycles. The fourth-order valence-electron chi connectivity index (χ4n) is 3.88. The molecule has 1 heterocycles. The molecule has 156 valence electrons. The van der Waals surface area contributed by atoms with Crippen molar-refractivity contribution in [3.05, 3.63) is 107 Å². The van der Waals surface area contributed by atoms with Crippen molar-refractivity contribution in [1.29, 1.82) is 0 Å². The third kappa shape index (κ3) is 4.21. The first kappa shape index (κ1) is 20.4. The third-order valence-electron chi connectivity index (χ3n) is 5.43. The average Bonchev–Trinajstić information content (AvgIpc) is 3.02. The zero-order valence-corrected chi connectivity index (χ0v) is 17.5. The fraction of sp³-hybridized carbons (Fsp3) is 0.154. The zero-order valence-electron chi connectivity index (χ0n) is 17.5. The number of carbonyl (C=O) groups is 2. The minimum atomic E-state index is -1.22. The maximum absolute atomic E-state index is 13.6. The molecule has 4 rings (SSSR count). The second-order valence-corrected chi connectivity index (χ2v) is 7.76. The minimum absolute atomic E-state index is 0.269. The molecule has 3 aromatic carbocycles. The van der Waals surface area contributed by atoms with Gasteiger partial charge in [-0.3, -0.25) is 9.69 Å². The highest BCUT2D eigenvalue weighted by Crippen LogP contribution is 2.42. The summed E-state index contributed by atoms with van der Waals surface area (Å²) in [5.74, 6) is -1.49. The highest BCUT2D eigenvalue weighted by atomic mass is 16.4. The number of hydrogen-bond donors (Lipinski definition) is 1. The lowest BCUT2D eigenvalue weighted by molar-refractivity contribution is -0.304. The van der Waals surface area contributed by atoms with Crippen LogP contribution in [-0.2, 0) is 9.59 Å². The molecule has 1 aliphatic rings. The van der Waals surface area contributed by atoms with Gasteiger partial charge in [0.2, 0.25) is 0 Å². The van der Waals surface area contributed by atoms with Gasteiger partial charge in [0.05, 0.1) is 6.04 Å². The minimum Gasteiger partial charge on any atom is -0.550 e. The molecule has 5 nitrogen and oxygen atoms in total. The molecular formula is C26H23N2O3-. The predicted molar refractivity (Wildman–Crippen MR) is 119 cm³/mol. The van der Waals surface area contributed by atoms with E-state index in [-0.39, 0.29) is 18.0 Å². The van der Waals surface area contributed by atoms with E-state index in [2.05, 4.69) is 5.32 Å². The van der Waals surface area contributed by atoms with Crippen LogP contribution in [-0.4, -0.2) is 11.9 Å². The van der Waals surface area contributed by atoms with Crippen LogP contribution in [0.1, 0.15) is 29.2 Å². The smallest absolute Gasteiger partial charge is 0.275 e. The van der Waals surface area contributed by atoms with E-state index < -0.39 is 12.0 Å². The second kappa shape index (κ2) is 8.48. The van der Waals surface area contributed by atoms with E-state index >= 15 is 0 Å². The van der Waals surface area contributed by atoms with Crippen molar-refractivity contribution >= 4 is 23.3 Å². The summed E-state index contributed by atoms with van der Waals surface area (Å²) in [6.45, 7) is 3.96. The van der Waals surface area contributed by atoms with Crippen molar-refractivity contribution in [3.63, 3.8) is 0 Å². The Kier molecular flexibility index (Phi) is 5.58.